The second kappa shape index (κ2) is 7.35. The summed E-state index contributed by atoms with van der Waals surface area (Å²) in [7, 11) is 0. The van der Waals surface area contributed by atoms with E-state index >= 15 is 0 Å². The van der Waals surface area contributed by atoms with E-state index in [2.05, 4.69) is 10.3 Å². The number of thioether (sulfide) groups is 2. The molecule has 106 valence electrons. The zero-order chi connectivity index (χ0) is 14.4. The molecule has 0 saturated carbocycles. The first-order chi connectivity index (χ1) is 9.65. The van der Waals surface area contributed by atoms with Gasteiger partial charge >= 0.3 is 5.97 Å². The number of anilines is 1. The molecule has 0 aliphatic carbocycles. The van der Waals surface area contributed by atoms with Crippen LogP contribution < -0.4 is 5.32 Å². The quantitative estimate of drug-likeness (QED) is 0.874. The smallest absolute Gasteiger partial charge is 0.335 e. The van der Waals surface area contributed by atoms with E-state index in [0.29, 0.717) is 17.9 Å². The Morgan fingerprint density at radius 3 is 2.70 bits per heavy atom. The third-order valence-electron chi connectivity index (χ3n) is 2.53. The van der Waals surface area contributed by atoms with Gasteiger partial charge in [-0.25, -0.2) is 4.79 Å². The van der Waals surface area contributed by atoms with Crippen LogP contribution in [-0.2, 0) is 4.79 Å². The van der Waals surface area contributed by atoms with Crippen LogP contribution in [0.1, 0.15) is 16.8 Å². The van der Waals surface area contributed by atoms with Crippen LogP contribution in [0.5, 0.6) is 0 Å². The fourth-order valence-corrected chi connectivity index (χ4v) is 3.57. The second-order valence-corrected chi connectivity index (χ2v) is 6.45. The highest BCUT2D eigenvalue weighted by Crippen LogP contribution is 2.22. The van der Waals surface area contributed by atoms with Gasteiger partial charge in [-0.15, -0.1) is 0 Å². The molecule has 1 aliphatic heterocycles. The lowest BCUT2D eigenvalue weighted by Gasteiger charge is -2.05. The van der Waals surface area contributed by atoms with Gasteiger partial charge in [-0.3, -0.25) is 9.79 Å². The molecule has 2 N–H and O–H groups in total. The maximum absolute atomic E-state index is 11.7. The summed E-state index contributed by atoms with van der Waals surface area (Å²) in [4.78, 5) is 26.7. The molecule has 1 heterocycles. The summed E-state index contributed by atoms with van der Waals surface area (Å²) in [5.41, 5.74) is 0.812. The molecular weight excluding hydrogens is 296 g/mol. The number of amides is 1. The van der Waals surface area contributed by atoms with Crippen LogP contribution in [0.2, 0.25) is 0 Å². The number of nitrogens with one attached hydrogen (secondary N) is 1. The third kappa shape index (κ3) is 4.57. The largest absolute Gasteiger partial charge is 0.478 e. The van der Waals surface area contributed by atoms with Crippen molar-refractivity contribution in [3.8, 4) is 0 Å². The molecule has 0 unspecified atom stereocenters. The number of hydrogen-bond donors (Lipinski definition) is 2. The molecule has 2 rings (SSSR count). The molecule has 1 amide bonds. The minimum absolute atomic E-state index is 0.0795. The number of carbonyl (C=O) groups is 2. The number of nitrogens with zero attached hydrogens (tertiary/aromatic N) is 1. The van der Waals surface area contributed by atoms with Crippen molar-refractivity contribution < 1.29 is 14.7 Å². The summed E-state index contributed by atoms with van der Waals surface area (Å²) in [6.45, 7) is 0.870. The Kier molecular flexibility index (Phi) is 5.49. The lowest BCUT2D eigenvalue weighted by molar-refractivity contribution is -0.115. The van der Waals surface area contributed by atoms with E-state index in [4.69, 9.17) is 5.11 Å². The summed E-state index contributed by atoms with van der Waals surface area (Å²) >= 11 is 3.33. The van der Waals surface area contributed by atoms with Crippen molar-refractivity contribution in [3.63, 3.8) is 0 Å². The van der Waals surface area contributed by atoms with Crippen molar-refractivity contribution in [2.45, 2.75) is 6.42 Å². The summed E-state index contributed by atoms with van der Waals surface area (Å²) in [6, 6.07) is 6.12. The normalized spacial score (nSPS) is 13.9. The molecule has 0 atom stereocenters. The van der Waals surface area contributed by atoms with Crippen LogP contribution in [0.15, 0.2) is 29.3 Å². The van der Waals surface area contributed by atoms with Gasteiger partial charge in [0.15, 0.2) is 0 Å². The monoisotopic (exact) mass is 310 g/mol. The zero-order valence-corrected chi connectivity index (χ0v) is 12.3. The van der Waals surface area contributed by atoms with Crippen LogP contribution in [0.3, 0.4) is 0 Å². The lowest BCUT2D eigenvalue weighted by atomic mass is 10.2. The minimum atomic E-state index is -0.978. The molecule has 1 aromatic rings. The van der Waals surface area contributed by atoms with Gasteiger partial charge in [-0.05, 0) is 24.3 Å². The van der Waals surface area contributed by atoms with Gasteiger partial charge in [0, 0.05) is 23.6 Å². The molecule has 0 bridgehead atoms. The molecule has 1 aliphatic rings. The predicted octanol–water partition coefficient (Wildman–Crippen LogP) is 2.55. The zero-order valence-electron chi connectivity index (χ0n) is 10.7. The van der Waals surface area contributed by atoms with Crippen molar-refractivity contribution in [1.82, 2.24) is 0 Å². The van der Waals surface area contributed by atoms with Crippen molar-refractivity contribution in [1.29, 1.82) is 0 Å². The number of aromatic carboxylic acids is 1. The minimum Gasteiger partial charge on any atom is -0.478 e. The van der Waals surface area contributed by atoms with Crippen molar-refractivity contribution in [2.24, 2.45) is 4.99 Å². The fraction of sp³-hybridized carbons (Fsp3) is 0.308. The Morgan fingerprint density at radius 1 is 1.35 bits per heavy atom. The first kappa shape index (κ1) is 14.9. The summed E-state index contributed by atoms with van der Waals surface area (Å²) in [6.07, 6.45) is 0.408. The number of carbonyl (C=O) groups excluding carboxylic acids is 1. The van der Waals surface area contributed by atoms with Gasteiger partial charge in [0.2, 0.25) is 5.91 Å². The SMILES string of the molecule is O=C(CCSC1=NCCS1)Nc1ccc(C(=O)O)cc1. The van der Waals surface area contributed by atoms with Crippen LogP contribution in [0, 0.1) is 0 Å². The van der Waals surface area contributed by atoms with Crippen molar-refractivity contribution in [2.75, 3.05) is 23.4 Å². The van der Waals surface area contributed by atoms with Gasteiger partial charge in [-0.1, -0.05) is 23.5 Å². The number of carboxylic acids is 1. The average molecular weight is 310 g/mol. The molecular formula is C13H14N2O3S2. The van der Waals surface area contributed by atoms with E-state index < -0.39 is 5.97 Å². The highest BCUT2D eigenvalue weighted by molar-refractivity contribution is 8.39. The van der Waals surface area contributed by atoms with E-state index in [1.807, 2.05) is 0 Å². The number of hydrogen-bond acceptors (Lipinski definition) is 5. The van der Waals surface area contributed by atoms with Crippen LogP contribution in [-0.4, -0.2) is 39.4 Å². The Morgan fingerprint density at radius 2 is 2.10 bits per heavy atom. The standard InChI is InChI=1S/C13H14N2O3S2/c16-11(5-7-19-13-14-6-8-20-13)15-10-3-1-9(2-4-10)12(17)18/h1-4H,5-8H2,(H,15,16)(H,17,18). The first-order valence-electron chi connectivity index (χ1n) is 6.08. The molecule has 0 aromatic heterocycles. The molecule has 0 fully saturated rings. The molecule has 0 spiro atoms. The predicted molar refractivity (Wildman–Crippen MR) is 83.9 cm³/mol. The van der Waals surface area contributed by atoms with Crippen LogP contribution in [0.4, 0.5) is 5.69 Å². The van der Waals surface area contributed by atoms with Gasteiger partial charge in [0.25, 0.3) is 0 Å². The van der Waals surface area contributed by atoms with E-state index in [0.717, 1.165) is 16.7 Å². The number of benzene rings is 1. The molecule has 20 heavy (non-hydrogen) atoms. The van der Waals surface area contributed by atoms with E-state index in [1.165, 1.54) is 12.1 Å². The van der Waals surface area contributed by atoms with Crippen LogP contribution in [0.25, 0.3) is 0 Å². The Hall–Kier alpha value is -1.47. The molecule has 1 aromatic carbocycles. The maximum Gasteiger partial charge on any atom is 0.335 e. The fourth-order valence-electron chi connectivity index (χ4n) is 1.55. The van der Waals surface area contributed by atoms with E-state index in [9.17, 15) is 9.59 Å². The maximum atomic E-state index is 11.7. The van der Waals surface area contributed by atoms with E-state index in [1.54, 1.807) is 35.7 Å². The molecule has 0 radical (unpaired) electrons. The Balaban J connectivity index is 1.74. The first-order valence-corrected chi connectivity index (χ1v) is 8.05. The van der Waals surface area contributed by atoms with E-state index in [-0.39, 0.29) is 11.5 Å². The molecule has 0 saturated heterocycles. The Labute approximate surface area is 125 Å². The Bertz CT molecular complexity index is 529. The summed E-state index contributed by atoms with van der Waals surface area (Å²) < 4.78 is 1.06. The summed E-state index contributed by atoms with van der Waals surface area (Å²) in [5, 5.41) is 11.5. The third-order valence-corrected chi connectivity index (χ3v) is 4.78. The summed E-state index contributed by atoms with van der Waals surface area (Å²) in [5.74, 6) is 0.674. The lowest BCUT2D eigenvalue weighted by Crippen LogP contribution is -2.12. The topological polar surface area (TPSA) is 78.8 Å². The van der Waals surface area contributed by atoms with Crippen molar-refractivity contribution >= 4 is 45.5 Å². The average Bonchev–Trinajstić information content (AvgIpc) is 2.92. The number of aliphatic imine (C=N–C) groups is 1. The highest BCUT2D eigenvalue weighted by atomic mass is 32.2. The molecule has 5 nitrogen and oxygen atoms in total. The number of rotatable bonds is 5. The van der Waals surface area contributed by atoms with Gasteiger partial charge in [-0.2, -0.15) is 0 Å². The van der Waals surface area contributed by atoms with Gasteiger partial charge in [0.1, 0.15) is 4.38 Å². The highest BCUT2D eigenvalue weighted by Gasteiger charge is 2.09. The second-order valence-electron chi connectivity index (χ2n) is 4.03. The van der Waals surface area contributed by atoms with Crippen molar-refractivity contribution in [3.05, 3.63) is 29.8 Å². The van der Waals surface area contributed by atoms with Gasteiger partial charge in [0.05, 0.1) is 12.1 Å². The van der Waals surface area contributed by atoms with Gasteiger partial charge < -0.3 is 10.4 Å². The number of carboxylic acid groups (broad SMARTS) is 1. The van der Waals surface area contributed by atoms with Crippen LogP contribution >= 0.6 is 23.5 Å². The molecule has 7 heteroatoms.